The van der Waals surface area contributed by atoms with Crippen molar-refractivity contribution >= 4 is 32.0 Å². The predicted octanol–water partition coefficient (Wildman–Crippen LogP) is 1.04. The van der Waals surface area contributed by atoms with Gasteiger partial charge < -0.3 is 9.50 Å². The molecule has 5 nitrogen and oxygen atoms in total. The molecule has 1 aromatic carbocycles. The van der Waals surface area contributed by atoms with Crippen LogP contribution in [-0.2, 0) is 19.1 Å². The maximum Gasteiger partial charge on any atom is 0.341 e. The van der Waals surface area contributed by atoms with Crippen molar-refractivity contribution in [2.75, 3.05) is 6.54 Å². The maximum absolute atomic E-state index is 11.8. The van der Waals surface area contributed by atoms with Gasteiger partial charge in [0.15, 0.2) is 0 Å². The van der Waals surface area contributed by atoms with E-state index in [9.17, 15) is 13.2 Å². The highest BCUT2D eigenvalue weighted by atomic mass is 79.9. The summed E-state index contributed by atoms with van der Waals surface area (Å²) in [4.78, 5) is 11.8. The molecule has 0 radical (unpaired) electrons. The van der Waals surface area contributed by atoms with Crippen molar-refractivity contribution in [2.45, 2.75) is 22.2 Å². The van der Waals surface area contributed by atoms with Crippen LogP contribution in [0.2, 0.25) is 0 Å². The lowest BCUT2D eigenvalue weighted by molar-refractivity contribution is -0.135. The lowest BCUT2D eigenvalue weighted by atomic mass is 10.2. The zero-order valence-electron chi connectivity index (χ0n) is 9.37. The van der Waals surface area contributed by atoms with Gasteiger partial charge in [-0.2, -0.15) is 8.42 Å². The molecule has 0 saturated carbocycles. The van der Waals surface area contributed by atoms with Gasteiger partial charge in [-0.1, -0.05) is 34.1 Å². The average molecular weight is 334 g/mol. The summed E-state index contributed by atoms with van der Waals surface area (Å²) in [7, 11) is -4.02. The predicted molar refractivity (Wildman–Crippen MR) is 68.8 cm³/mol. The summed E-state index contributed by atoms with van der Waals surface area (Å²) in [5.74, 6) is -0.763. The summed E-state index contributed by atoms with van der Waals surface area (Å²) in [6, 6.07) is 7.03. The van der Waals surface area contributed by atoms with Crippen LogP contribution in [0.3, 0.4) is 0 Å². The molecule has 1 N–H and O–H groups in total. The van der Waals surface area contributed by atoms with Crippen molar-refractivity contribution in [3.05, 3.63) is 30.3 Å². The van der Waals surface area contributed by atoms with E-state index in [2.05, 4.69) is 25.4 Å². The molecular weight excluding hydrogens is 322 g/mol. The highest BCUT2D eigenvalue weighted by molar-refractivity contribution is 9.09. The quantitative estimate of drug-likeness (QED) is 0.661. The highest BCUT2D eigenvalue weighted by Crippen LogP contribution is 2.18. The first-order valence-electron chi connectivity index (χ1n) is 5.40. The number of alkyl halides is 1. The third-order valence-electron chi connectivity index (χ3n) is 2.59. The molecule has 0 bridgehead atoms. The monoisotopic (exact) mass is 333 g/mol. The molecule has 1 fully saturated rings. The van der Waals surface area contributed by atoms with E-state index in [-0.39, 0.29) is 9.72 Å². The maximum atomic E-state index is 11.8. The van der Waals surface area contributed by atoms with E-state index in [1.165, 1.54) is 12.1 Å². The van der Waals surface area contributed by atoms with Crippen molar-refractivity contribution < 1.29 is 17.4 Å². The van der Waals surface area contributed by atoms with Gasteiger partial charge in [0.25, 0.3) is 0 Å². The molecule has 2 atom stereocenters. The van der Waals surface area contributed by atoms with E-state index < -0.39 is 22.1 Å². The van der Waals surface area contributed by atoms with Crippen molar-refractivity contribution in [3.8, 4) is 0 Å². The lowest BCUT2D eigenvalue weighted by Gasteiger charge is -2.10. The Morgan fingerprint density at radius 1 is 1.33 bits per heavy atom. The second-order valence-corrected chi connectivity index (χ2v) is 6.80. The van der Waals surface area contributed by atoms with Crippen LogP contribution < -0.4 is 5.32 Å². The normalized spacial score (nSPS) is 23.8. The Hall–Kier alpha value is -0.920. The topological polar surface area (TPSA) is 72.5 Å². The van der Waals surface area contributed by atoms with Crippen LogP contribution >= 0.6 is 15.9 Å². The van der Waals surface area contributed by atoms with E-state index in [0.29, 0.717) is 13.0 Å². The van der Waals surface area contributed by atoms with Crippen molar-refractivity contribution in [3.63, 3.8) is 0 Å². The highest BCUT2D eigenvalue weighted by Gasteiger charge is 2.32. The fourth-order valence-corrected chi connectivity index (χ4v) is 3.15. The van der Waals surface area contributed by atoms with Crippen LogP contribution in [0.25, 0.3) is 0 Å². The van der Waals surface area contributed by atoms with E-state index in [1.54, 1.807) is 18.2 Å². The van der Waals surface area contributed by atoms with Gasteiger partial charge in [0.05, 0.1) is 0 Å². The van der Waals surface area contributed by atoms with Crippen LogP contribution in [0.4, 0.5) is 0 Å². The molecule has 0 aliphatic carbocycles. The zero-order valence-corrected chi connectivity index (χ0v) is 11.8. The van der Waals surface area contributed by atoms with Gasteiger partial charge in [-0.05, 0) is 18.6 Å². The van der Waals surface area contributed by atoms with Gasteiger partial charge in [-0.15, -0.1) is 0 Å². The molecule has 7 heteroatoms. The Balaban J connectivity index is 2.07. The number of hydrogen-bond donors (Lipinski definition) is 1. The van der Waals surface area contributed by atoms with Gasteiger partial charge >= 0.3 is 16.1 Å². The fraction of sp³-hybridized carbons (Fsp3) is 0.364. The van der Waals surface area contributed by atoms with Crippen LogP contribution in [0.5, 0.6) is 0 Å². The molecule has 0 amide bonds. The van der Waals surface area contributed by atoms with E-state index >= 15 is 0 Å². The Labute approximate surface area is 114 Å². The summed E-state index contributed by atoms with van der Waals surface area (Å²) >= 11 is 3.35. The van der Waals surface area contributed by atoms with Gasteiger partial charge in [0.2, 0.25) is 0 Å². The number of carbonyl (C=O) groups is 1. The smallest absolute Gasteiger partial charge is 0.341 e. The molecule has 2 rings (SSSR count). The summed E-state index contributed by atoms with van der Waals surface area (Å²) in [6.07, 6.45) is 0.517. The van der Waals surface area contributed by atoms with Gasteiger partial charge in [-0.3, -0.25) is 0 Å². The molecule has 1 unspecified atom stereocenters. The number of nitrogens with one attached hydrogen (secondary N) is 1. The number of rotatable bonds is 3. The second-order valence-electron chi connectivity index (χ2n) is 3.96. The Kier molecular flexibility index (Phi) is 4.04. The van der Waals surface area contributed by atoms with Crippen LogP contribution in [0.15, 0.2) is 35.2 Å². The number of benzene rings is 1. The summed E-state index contributed by atoms with van der Waals surface area (Å²) in [5, 5.41) is 2.89. The largest absolute Gasteiger partial charge is 0.341 e. The SMILES string of the molecule is O=C(OS(=O)(=O)c1ccccc1)[C@@H]1CC(Br)CN1. The zero-order chi connectivity index (χ0) is 13.2. The minimum atomic E-state index is -4.02. The molecule has 18 heavy (non-hydrogen) atoms. The third kappa shape index (κ3) is 3.09. The number of hydrogen-bond acceptors (Lipinski definition) is 5. The molecule has 0 spiro atoms. The molecule has 1 heterocycles. The first-order chi connectivity index (χ1) is 8.49. The number of carbonyl (C=O) groups excluding carboxylic acids is 1. The molecule has 98 valence electrons. The number of halogens is 1. The minimum Gasteiger partial charge on any atom is -0.341 e. The molecule has 0 aromatic heterocycles. The second kappa shape index (κ2) is 5.38. The third-order valence-corrected chi connectivity index (χ3v) is 4.52. The minimum absolute atomic E-state index is 0.0215. The van der Waals surface area contributed by atoms with Gasteiger partial charge in [-0.25, -0.2) is 4.79 Å². The summed E-state index contributed by atoms with van der Waals surface area (Å²) in [6.45, 7) is 0.616. The van der Waals surface area contributed by atoms with E-state index in [0.717, 1.165) is 0 Å². The molecule has 1 aliphatic rings. The van der Waals surface area contributed by atoms with Crippen molar-refractivity contribution in [1.82, 2.24) is 5.32 Å². The van der Waals surface area contributed by atoms with Gasteiger partial charge in [0, 0.05) is 11.4 Å². The first-order valence-corrected chi connectivity index (χ1v) is 7.72. The summed E-state index contributed by atoms with van der Waals surface area (Å²) < 4.78 is 28.2. The van der Waals surface area contributed by atoms with Gasteiger partial charge in [0.1, 0.15) is 10.9 Å². The molecule has 1 aromatic rings. The first kappa shape index (κ1) is 13.5. The van der Waals surface area contributed by atoms with Crippen LogP contribution in [0, 0.1) is 0 Å². The molecular formula is C11H12BrNO4S. The van der Waals surface area contributed by atoms with E-state index in [1.807, 2.05) is 0 Å². The Morgan fingerprint density at radius 3 is 2.56 bits per heavy atom. The van der Waals surface area contributed by atoms with Crippen LogP contribution in [-0.4, -0.2) is 31.8 Å². The van der Waals surface area contributed by atoms with Crippen molar-refractivity contribution in [2.24, 2.45) is 0 Å². The lowest BCUT2D eigenvalue weighted by Crippen LogP contribution is -2.33. The Morgan fingerprint density at radius 2 is 2.00 bits per heavy atom. The fourth-order valence-electron chi connectivity index (χ4n) is 1.67. The van der Waals surface area contributed by atoms with E-state index in [4.69, 9.17) is 0 Å². The molecule has 1 saturated heterocycles. The Bertz CT molecular complexity index is 531. The van der Waals surface area contributed by atoms with Crippen LogP contribution in [0.1, 0.15) is 6.42 Å². The van der Waals surface area contributed by atoms with Crippen molar-refractivity contribution in [1.29, 1.82) is 0 Å². The summed E-state index contributed by atoms with van der Waals surface area (Å²) in [5.41, 5.74) is 0. The standard InChI is InChI=1S/C11H12BrNO4S/c12-8-6-10(13-7-8)11(14)17-18(15,16)9-4-2-1-3-5-9/h1-5,8,10,13H,6-7H2/t8?,10-/m0/s1. The molecule has 1 aliphatic heterocycles. The average Bonchev–Trinajstić information content (AvgIpc) is 2.77.